The fourth-order valence-electron chi connectivity index (χ4n) is 2.78. The lowest BCUT2D eigenvalue weighted by Gasteiger charge is -2.20. The van der Waals surface area contributed by atoms with Crippen molar-refractivity contribution in [1.82, 2.24) is 5.32 Å². The smallest absolute Gasteiger partial charge is 0.252 e. The molecule has 0 aliphatic rings. The average molecular weight is 366 g/mol. The largest absolute Gasteiger partial charge is 0.492 e. The van der Waals surface area contributed by atoms with Crippen LogP contribution < -0.4 is 10.1 Å². The Bertz CT molecular complexity index is 826. The summed E-state index contributed by atoms with van der Waals surface area (Å²) in [5.41, 5.74) is 2.53. The first-order chi connectivity index (χ1) is 12.7. The van der Waals surface area contributed by atoms with E-state index in [0.717, 1.165) is 11.1 Å². The molecule has 0 aliphatic carbocycles. The van der Waals surface area contributed by atoms with Crippen LogP contribution in [0.2, 0.25) is 5.02 Å². The summed E-state index contributed by atoms with van der Waals surface area (Å²) in [6.45, 7) is 2.41. The van der Waals surface area contributed by atoms with E-state index in [0.29, 0.717) is 22.9 Å². The van der Waals surface area contributed by atoms with Crippen molar-refractivity contribution in [3.63, 3.8) is 0 Å². The molecule has 4 heteroatoms. The molecule has 1 amide bonds. The molecule has 132 valence electrons. The zero-order valence-corrected chi connectivity index (χ0v) is 15.2. The highest BCUT2D eigenvalue weighted by Crippen LogP contribution is 2.27. The van der Waals surface area contributed by atoms with Gasteiger partial charge in [-0.1, -0.05) is 72.3 Å². The molecule has 0 fully saturated rings. The lowest BCUT2D eigenvalue weighted by molar-refractivity contribution is 0.0943. The minimum atomic E-state index is -0.241. The van der Waals surface area contributed by atoms with E-state index < -0.39 is 0 Å². The SMILES string of the molecule is CCOc1ccc(C(=O)NC(c2ccccc2)c2ccccc2)cc1Cl. The quantitative estimate of drug-likeness (QED) is 0.647. The van der Waals surface area contributed by atoms with Crippen molar-refractivity contribution in [3.8, 4) is 5.75 Å². The van der Waals surface area contributed by atoms with Crippen molar-refractivity contribution in [3.05, 3.63) is 101 Å². The van der Waals surface area contributed by atoms with Crippen LogP contribution in [0.25, 0.3) is 0 Å². The molecule has 26 heavy (non-hydrogen) atoms. The molecule has 0 saturated carbocycles. The second-order valence-corrected chi connectivity index (χ2v) is 6.21. The van der Waals surface area contributed by atoms with Gasteiger partial charge in [-0.05, 0) is 36.2 Å². The molecule has 0 aliphatic heterocycles. The third-order valence-corrected chi connectivity index (χ3v) is 4.33. The Kier molecular flexibility index (Phi) is 5.92. The molecule has 0 radical (unpaired) electrons. The highest BCUT2D eigenvalue weighted by Gasteiger charge is 2.18. The van der Waals surface area contributed by atoms with Crippen LogP contribution >= 0.6 is 11.6 Å². The molecule has 3 nitrogen and oxygen atoms in total. The molecule has 0 bridgehead atoms. The average Bonchev–Trinajstić information content (AvgIpc) is 2.69. The van der Waals surface area contributed by atoms with Crippen molar-refractivity contribution in [2.75, 3.05) is 6.61 Å². The van der Waals surface area contributed by atoms with E-state index in [9.17, 15) is 4.79 Å². The summed E-state index contributed by atoms with van der Waals surface area (Å²) in [7, 11) is 0. The number of carbonyl (C=O) groups excluding carboxylic acids is 1. The molecule has 0 unspecified atom stereocenters. The molecule has 0 heterocycles. The van der Waals surface area contributed by atoms with Crippen LogP contribution in [0.15, 0.2) is 78.9 Å². The standard InChI is InChI=1S/C22H20ClNO2/c1-2-26-20-14-13-18(15-19(20)23)22(25)24-21(16-9-5-3-6-10-16)17-11-7-4-8-12-17/h3-15,21H,2H2,1H3,(H,24,25). The van der Waals surface area contributed by atoms with Gasteiger partial charge in [0.05, 0.1) is 17.7 Å². The molecule has 1 N–H and O–H groups in total. The maximum Gasteiger partial charge on any atom is 0.252 e. The van der Waals surface area contributed by atoms with E-state index in [1.807, 2.05) is 67.6 Å². The zero-order chi connectivity index (χ0) is 18.4. The highest BCUT2D eigenvalue weighted by molar-refractivity contribution is 6.32. The van der Waals surface area contributed by atoms with Crippen LogP contribution in [0, 0.1) is 0 Å². The fraction of sp³-hybridized carbons (Fsp3) is 0.136. The van der Waals surface area contributed by atoms with Gasteiger partial charge in [-0.2, -0.15) is 0 Å². The molecular weight excluding hydrogens is 346 g/mol. The van der Waals surface area contributed by atoms with E-state index in [1.54, 1.807) is 18.2 Å². The number of nitrogens with one attached hydrogen (secondary N) is 1. The van der Waals surface area contributed by atoms with Gasteiger partial charge in [0.1, 0.15) is 5.75 Å². The Labute approximate surface area is 158 Å². The van der Waals surface area contributed by atoms with Gasteiger partial charge in [0.2, 0.25) is 0 Å². The number of benzene rings is 3. The first-order valence-corrected chi connectivity index (χ1v) is 8.90. The lowest BCUT2D eigenvalue weighted by Crippen LogP contribution is -2.29. The predicted octanol–water partition coefficient (Wildman–Crippen LogP) is 5.26. The fourth-order valence-corrected chi connectivity index (χ4v) is 3.01. The molecule has 3 aromatic rings. The summed E-state index contributed by atoms with van der Waals surface area (Å²) in [6, 6.07) is 24.6. The maximum atomic E-state index is 12.8. The molecule has 3 aromatic carbocycles. The molecule has 0 atom stereocenters. The lowest BCUT2D eigenvalue weighted by atomic mass is 9.98. The summed E-state index contributed by atoms with van der Waals surface area (Å²) in [4.78, 5) is 12.8. The van der Waals surface area contributed by atoms with Crippen molar-refractivity contribution < 1.29 is 9.53 Å². The first kappa shape index (κ1) is 18.0. The van der Waals surface area contributed by atoms with Gasteiger partial charge >= 0.3 is 0 Å². The number of halogens is 1. The Balaban J connectivity index is 1.87. The summed E-state index contributed by atoms with van der Waals surface area (Å²) in [5.74, 6) is 0.390. The van der Waals surface area contributed by atoms with Gasteiger partial charge in [0.25, 0.3) is 5.91 Å². The van der Waals surface area contributed by atoms with E-state index >= 15 is 0 Å². The molecule has 0 spiro atoms. The number of ether oxygens (including phenoxy) is 1. The van der Waals surface area contributed by atoms with Crippen LogP contribution in [0.4, 0.5) is 0 Å². The van der Waals surface area contributed by atoms with Crippen LogP contribution in [0.5, 0.6) is 5.75 Å². The van der Waals surface area contributed by atoms with Crippen molar-refractivity contribution in [2.45, 2.75) is 13.0 Å². The first-order valence-electron chi connectivity index (χ1n) is 8.52. The van der Waals surface area contributed by atoms with Crippen molar-refractivity contribution in [2.24, 2.45) is 0 Å². The van der Waals surface area contributed by atoms with Crippen LogP contribution in [0.3, 0.4) is 0 Å². The van der Waals surface area contributed by atoms with Gasteiger partial charge in [0, 0.05) is 5.56 Å². The predicted molar refractivity (Wildman–Crippen MR) is 105 cm³/mol. The Hall–Kier alpha value is -2.78. The minimum absolute atomic E-state index is 0.187. The van der Waals surface area contributed by atoms with Gasteiger partial charge in [0.15, 0.2) is 0 Å². The Morgan fingerprint density at radius 1 is 0.962 bits per heavy atom. The summed E-state index contributed by atoms with van der Waals surface area (Å²) >= 11 is 6.22. The molecular formula is C22H20ClNO2. The Morgan fingerprint density at radius 3 is 2.04 bits per heavy atom. The van der Waals surface area contributed by atoms with Gasteiger partial charge in [-0.15, -0.1) is 0 Å². The number of carbonyl (C=O) groups is 1. The third-order valence-electron chi connectivity index (χ3n) is 4.04. The van der Waals surface area contributed by atoms with Crippen LogP contribution in [0.1, 0.15) is 34.5 Å². The summed E-state index contributed by atoms with van der Waals surface area (Å²) < 4.78 is 5.43. The van der Waals surface area contributed by atoms with Crippen LogP contribution in [-0.2, 0) is 0 Å². The Morgan fingerprint density at radius 2 is 1.54 bits per heavy atom. The minimum Gasteiger partial charge on any atom is -0.492 e. The second kappa shape index (κ2) is 8.54. The topological polar surface area (TPSA) is 38.3 Å². The van der Waals surface area contributed by atoms with E-state index in [1.165, 1.54) is 0 Å². The molecule has 0 aromatic heterocycles. The van der Waals surface area contributed by atoms with Gasteiger partial charge < -0.3 is 10.1 Å². The zero-order valence-electron chi connectivity index (χ0n) is 14.5. The number of amides is 1. The van der Waals surface area contributed by atoms with Crippen molar-refractivity contribution in [1.29, 1.82) is 0 Å². The number of hydrogen-bond acceptors (Lipinski definition) is 2. The van der Waals surface area contributed by atoms with E-state index in [2.05, 4.69) is 5.32 Å². The molecule has 3 rings (SSSR count). The number of rotatable bonds is 6. The summed E-state index contributed by atoms with van der Waals surface area (Å²) in [5, 5.41) is 3.53. The maximum absolute atomic E-state index is 12.8. The monoisotopic (exact) mass is 365 g/mol. The third kappa shape index (κ3) is 4.24. The molecule has 0 saturated heterocycles. The highest BCUT2D eigenvalue weighted by atomic mass is 35.5. The number of hydrogen-bond donors (Lipinski definition) is 1. The summed E-state index contributed by atoms with van der Waals surface area (Å²) in [6.07, 6.45) is 0. The van der Waals surface area contributed by atoms with Crippen molar-refractivity contribution >= 4 is 17.5 Å². The van der Waals surface area contributed by atoms with Gasteiger partial charge in [-0.3, -0.25) is 4.79 Å². The normalized spacial score (nSPS) is 10.6. The second-order valence-electron chi connectivity index (χ2n) is 5.81. The van der Waals surface area contributed by atoms with E-state index in [4.69, 9.17) is 16.3 Å². The van der Waals surface area contributed by atoms with Crippen LogP contribution in [-0.4, -0.2) is 12.5 Å². The van der Waals surface area contributed by atoms with Gasteiger partial charge in [-0.25, -0.2) is 0 Å². The van der Waals surface area contributed by atoms with E-state index in [-0.39, 0.29) is 11.9 Å².